The smallest absolute Gasteiger partial charge is 0.311 e. The summed E-state index contributed by atoms with van der Waals surface area (Å²) in [4.78, 5) is 25.4. The number of carbonyl (C=O) groups excluding carboxylic acids is 2. The predicted octanol–water partition coefficient (Wildman–Crippen LogP) is 4.11. The minimum atomic E-state index is -1.98. The molecule has 27 heavy (non-hydrogen) atoms. The molecule has 0 aromatic heterocycles. The molecule has 2 aliphatic rings. The van der Waals surface area contributed by atoms with E-state index in [-0.39, 0.29) is 35.4 Å². The van der Waals surface area contributed by atoms with Crippen molar-refractivity contribution in [2.75, 3.05) is 13.2 Å². The highest BCUT2D eigenvalue weighted by Crippen LogP contribution is 2.47. The molecule has 1 heterocycles. The lowest BCUT2D eigenvalue weighted by Gasteiger charge is -2.40. The third-order valence-electron chi connectivity index (χ3n) is 6.40. The van der Waals surface area contributed by atoms with Crippen molar-refractivity contribution in [1.82, 2.24) is 0 Å². The average Bonchev–Trinajstić information content (AvgIpc) is 2.87. The molecule has 6 heteroatoms. The van der Waals surface area contributed by atoms with Gasteiger partial charge in [0.05, 0.1) is 18.4 Å². The van der Waals surface area contributed by atoms with Crippen LogP contribution in [0, 0.1) is 23.7 Å². The van der Waals surface area contributed by atoms with Gasteiger partial charge in [-0.05, 0) is 32.0 Å². The fourth-order valence-corrected chi connectivity index (χ4v) is 4.73. The van der Waals surface area contributed by atoms with Gasteiger partial charge in [-0.15, -0.1) is 0 Å². The van der Waals surface area contributed by atoms with Gasteiger partial charge in [0.2, 0.25) is 0 Å². The van der Waals surface area contributed by atoms with E-state index in [1.165, 1.54) is 0 Å². The van der Waals surface area contributed by atoms with E-state index in [9.17, 15) is 9.59 Å². The van der Waals surface area contributed by atoms with Crippen molar-refractivity contribution < 1.29 is 23.5 Å². The fraction of sp³-hybridized carbons (Fsp3) is 0.714. The maximum atomic E-state index is 12.8. The van der Waals surface area contributed by atoms with Gasteiger partial charge in [0.1, 0.15) is 6.10 Å². The third-order valence-corrected chi connectivity index (χ3v) is 10.9. The Balaban J connectivity index is 2.36. The molecule has 0 saturated carbocycles. The summed E-state index contributed by atoms with van der Waals surface area (Å²) in [6.07, 6.45) is 3.31. The van der Waals surface area contributed by atoms with Crippen molar-refractivity contribution in [2.45, 2.75) is 58.9 Å². The Morgan fingerprint density at radius 2 is 2.00 bits per heavy atom. The first kappa shape index (κ1) is 21.9. The minimum absolute atomic E-state index is 0.0709. The first-order valence-corrected chi connectivity index (χ1v) is 12.7. The van der Waals surface area contributed by atoms with Crippen LogP contribution < -0.4 is 0 Å². The van der Waals surface area contributed by atoms with Crippen molar-refractivity contribution >= 4 is 20.3 Å². The molecule has 1 aliphatic carbocycles. The summed E-state index contributed by atoms with van der Waals surface area (Å²) in [5.41, 5.74) is 1.05. The zero-order valence-electron chi connectivity index (χ0n) is 17.7. The van der Waals surface area contributed by atoms with Crippen molar-refractivity contribution in [2.24, 2.45) is 23.7 Å². The molecule has 5 nitrogen and oxygen atoms in total. The van der Waals surface area contributed by atoms with Gasteiger partial charge >= 0.3 is 11.9 Å². The van der Waals surface area contributed by atoms with Crippen molar-refractivity contribution in [3.63, 3.8) is 0 Å². The normalized spacial score (nSPS) is 31.0. The summed E-state index contributed by atoms with van der Waals surface area (Å²) in [6, 6.07) is 0. The Bertz CT molecular complexity index is 631. The van der Waals surface area contributed by atoms with Gasteiger partial charge < -0.3 is 13.9 Å². The second-order valence-electron chi connectivity index (χ2n) is 9.11. The lowest BCUT2D eigenvalue weighted by molar-refractivity contribution is -0.158. The van der Waals surface area contributed by atoms with Crippen LogP contribution in [-0.4, -0.2) is 39.6 Å². The first-order chi connectivity index (χ1) is 12.4. The van der Waals surface area contributed by atoms with Gasteiger partial charge in [0, 0.05) is 18.4 Å². The summed E-state index contributed by atoms with van der Waals surface area (Å²) in [5, 5.41) is 0.0709. The van der Waals surface area contributed by atoms with Crippen LogP contribution in [0.25, 0.3) is 0 Å². The monoisotopic (exact) mass is 394 g/mol. The number of hydrogen-bond donors (Lipinski definition) is 0. The van der Waals surface area contributed by atoms with Crippen molar-refractivity contribution in [3.8, 4) is 0 Å². The topological polar surface area (TPSA) is 61.8 Å². The van der Waals surface area contributed by atoms with Crippen LogP contribution in [0.4, 0.5) is 0 Å². The standard InChI is InChI=1S/C21H34O5Si/c1-9-16-14-11-13(3)15(12-25-27(7,8)21(4,5)6)18(19(22)24-10-2)17(14)20(23)26-16/h9,11,14-18H,1,10,12H2,2-8H3/t14-,15-,16-,17-,18-/m0/s1. The highest BCUT2D eigenvalue weighted by Gasteiger charge is 2.55. The first-order valence-electron chi connectivity index (χ1n) is 9.76. The molecule has 0 spiro atoms. The molecule has 0 bridgehead atoms. The van der Waals surface area contributed by atoms with E-state index < -0.39 is 26.3 Å². The summed E-state index contributed by atoms with van der Waals surface area (Å²) in [7, 11) is -1.98. The van der Waals surface area contributed by atoms with E-state index >= 15 is 0 Å². The SMILES string of the molecule is C=C[C@@H]1OC(=O)[C@H]2[C@H]1C=C(C)[C@H](CO[Si](C)(C)C(C)(C)C)[C@@H]2C(=O)OCC. The number of cyclic esters (lactones) is 1. The summed E-state index contributed by atoms with van der Waals surface area (Å²) < 4.78 is 17.2. The molecule has 1 saturated heterocycles. The largest absolute Gasteiger partial charge is 0.466 e. The van der Waals surface area contributed by atoms with Crippen LogP contribution in [0.15, 0.2) is 24.3 Å². The number of rotatable bonds is 6. The molecule has 152 valence electrons. The summed E-state index contributed by atoms with van der Waals surface area (Å²) in [5.74, 6) is -2.16. The average molecular weight is 395 g/mol. The summed E-state index contributed by atoms with van der Waals surface area (Å²) >= 11 is 0. The molecular formula is C21H34O5Si. The highest BCUT2D eigenvalue weighted by molar-refractivity contribution is 6.74. The van der Waals surface area contributed by atoms with Gasteiger partial charge in [-0.3, -0.25) is 9.59 Å². The Morgan fingerprint density at radius 1 is 1.37 bits per heavy atom. The zero-order valence-corrected chi connectivity index (χ0v) is 18.7. The number of ether oxygens (including phenoxy) is 2. The van der Waals surface area contributed by atoms with Crippen molar-refractivity contribution in [3.05, 3.63) is 24.3 Å². The highest BCUT2D eigenvalue weighted by atomic mass is 28.4. The minimum Gasteiger partial charge on any atom is -0.466 e. The van der Waals surface area contributed by atoms with Crippen LogP contribution >= 0.6 is 0 Å². The molecular weight excluding hydrogens is 360 g/mol. The Labute approximate surface area is 164 Å². The van der Waals surface area contributed by atoms with E-state index in [0.717, 1.165) is 5.57 Å². The number of carbonyl (C=O) groups is 2. The van der Waals surface area contributed by atoms with E-state index in [1.54, 1.807) is 13.0 Å². The Morgan fingerprint density at radius 3 is 2.52 bits per heavy atom. The van der Waals surface area contributed by atoms with E-state index in [1.807, 2.05) is 6.92 Å². The zero-order chi connectivity index (χ0) is 20.6. The van der Waals surface area contributed by atoms with Gasteiger partial charge in [0.25, 0.3) is 0 Å². The van der Waals surface area contributed by atoms with Crippen LogP contribution in [0.3, 0.4) is 0 Å². The Kier molecular flexibility index (Phi) is 6.42. The summed E-state index contributed by atoms with van der Waals surface area (Å²) in [6.45, 7) is 19.2. The van der Waals surface area contributed by atoms with Crippen LogP contribution in [0.1, 0.15) is 34.6 Å². The molecule has 0 amide bonds. The van der Waals surface area contributed by atoms with E-state index in [4.69, 9.17) is 13.9 Å². The fourth-order valence-electron chi connectivity index (χ4n) is 3.70. The maximum absolute atomic E-state index is 12.8. The van der Waals surface area contributed by atoms with Gasteiger partial charge in [-0.25, -0.2) is 0 Å². The molecule has 2 rings (SSSR count). The van der Waals surface area contributed by atoms with Crippen LogP contribution in [0.5, 0.6) is 0 Å². The lowest BCUT2D eigenvalue weighted by atomic mass is 9.67. The van der Waals surface area contributed by atoms with Crippen LogP contribution in [-0.2, 0) is 23.5 Å². The number of hydrogen-bond acceptors (Lipinski definition) is 5. The van der Waals surface area contributed by atoms with Gasteiger partial charge in [-0.2, -0.15) is 0 Å². The van der Waals surface area contributed by atoms with Gasteiger partial charge in [-0.1, -0.05) is 45.1 Å². The number of esters is 2. The van der Waals surface area contributed by atoms with Gasteiger partial charge in [0.15, 0.2) is 8.32 Å². The number of fused-ring (bicyclic) bond motifs is 1. The van der Waals surface area contributed by atoms with E-state index in [0.29, 0.717) is 6.61 Å². The second-order valence-corrected chi connectivity index (χ2v) is 13.9. The van der Waals surface area contributed by atoms with Crippen LogP contribution in [0.2, 0.25) is 18.1 Å². The third kappa shape index (κ3) is 4.21. The maximum Gasteiger partial charge on any atom is 0.311 e. The Hall–Kier alpha value is -1.40. The molecule has 1 aliphatic heterocycles. The molecule has 0 radical (unpaired) electrons. The predicted molar refractivity (Wildman–Crippen MR) is 108 cm³/mol. The molecule has 0 aromatic rings. The second kappa shape index (κ2) is 7.92. The molecule has 1 fully saturated rings. The molecule has 5 atom stereocenters. The quantitative estimate of drug-likeness (QED) is 0.385. The molecule has 0 aromatic carbocycles. The molecule has 0 unspecified atom stereocenters. The lowest BCUT2D eigenvalue weighted by Crippen LogP contribution is -2.47. The van der Waals surface area contributed by atoms with Crippen molar-refractivity contribution in [1.29, 1.82) is 0 Å². The van der Waals surface area contributed by atoms with E-state index in [2.05, 4.69) is 46.5 Å². The molecule has 0 N–H and O–H groups in total.